The molecular formula is C20H25N3O2S. The molecule has 2 aromatic rings. The second-order valence-corrected chi connectivity index (χ2v) is 8.93. The maximum absolute atomic E-state index is 12.7. The lowest BCUT2D eigenvalue weighted by Gasteiger charge is -2.26. The number of rotatable bonds is 2. The lowest BCUT2D eigenvalue weighted by Crippen LogP contribution is -2.37. The Bertz CT molecular complexity index is 912. The molecule has 1 atom stereocenters. The van der Waals surface area contributed by atoms with Crippen LogP contribution >= 0.6 is 11.8 Å². The van der Waals surface area contributed by atoms with Gasteiger partial charge in [0.25, 0.3) is 5.56 Å². The summed E-state index contributed by atoms with van der Waals surface area (Å²) in [4.78, 5) is 29.9. The topological polar surface area (TPSA) is 64.0 Å². The molecule has 5 nitrogen and oxygen atoms in total. The molecule has 1 aliphatic rings. The van der Waals surface area contributed by atoms with E-state index in [1.165, 1.54) is 11.8 Å². The molecule has 1 aromatic carbocycles. The molecule has 1 unspecified atom stereocenters. The number of aryl methyl sites for hydroxylation is 2. The Morgan fingerprint density at radius 2 is 2.00 bits per heavy atom. The summed E-state index contributed by atoms with van der Waals surface area (Å²) in [5.41, 5.74) is 3.55. The Kier molecular flexibility index (Phi) is 4.97. The summed E-state index contributed by atoms with van der Waals surface area (Å²) in [5.74, 6) is 0.312. The number of carbonyl (C=O) groups excluding carboxylic acids is 1. The average Bonchev–Trinajstić information content (AvgIpc) is 2.56. The number of hydrogen-bond acceptors (Lipinski definition) is 4. The maximum Gasteiger partial charge on any atom is 0.254 e. The summed E-state index contributed by atoms with van der Waals surface area (Å²) in [6.45, 7) is 10.5. The summed E-state index contributed by atoms with van der Waals surface area (Å²) < 4.78 is 1.62. The number of nitrogens with one attached hydrogen (secondary N) is 1. The van der Waals surface area contributed by atoms with E-state index in [2.05, 4.69) is 10.3 Å². The van der Waals surface area contributed by atoms with Crippen LogP contribution in [0.4, 0.5) is 5.69 Å². The van der Waals surface area contributed by atoms with Crippen LogP contribution in [0, 0.1) is 19.8 Å². The minimum atomic E-state index is -0.256. The molecule has 1 N–H and O–H groups in total. The molecule has 0 aliphatic carbocycles. The van der Waals surface area contributed by atoms with Crippen molar-refractivity contribution >= 4 is 23.4 Å². The molecule has 0 fully saturated rings. The first kappa shape index (κ1) is 18.7. The second kappa shape index (κ2) is 6.91. The zero-order valence-electron chi connectivity index (χ0n) is 15.9. The van der Waals surface area contributed by atoms with Crippen LogP contribution in [0.1, 0.15) is 37.6 Å². The highest BCUT2D eigenvalue weighted by Gasteiger charge is 2.28. The van der Waals surface area contributed by atoms with Crippen molar-refractivity contribution in [1.82, 2.24) is 9.55 Å². The number of fused-ring (bicyclic) bond motifs is 1. The Hall–Kier alpha value is -2.08. The number of benzene rings is 1. The molecule has 0 saturated heterocycles. The van der Waals surface area contributed by atoms with Crippen LogP contribution in [0.15, 0.2) is 34.2 Å². The average molecular weight is 372 g/mol. The van der Waals surface area contributed by atoms with Crippen molar-refractivity contribution < 1.29 is 4.79 Å². The summed E-state index contributed by atoms with van der Waals surface area (Å²) in [5, 5.41) is 3.71. The van der Waals surface area contributed by atoms with Crippen molar-refractivity contribution in [3.05, 3.63) is 51.4 Å². The van der Waals surface area contributed by atoms with Gasteiger partial charge in [-0.3, -0.25) is 14.2 Å². The second-order valence-electron chi connectivity index (χ2n) is 7.94. The highest BCUT2D eigenvalue weighted by atomic mass is 32.2. The molecule has 0 bridgehead atoms. The van der Waals surface area contributed by atoms with E-state index in [9.17, 15) is 9.59 Å². The molecule has 138 valence electrons. The van der Waals surface area contributed by atoms with E-state index >= 15 is 0 Å². The van der Waals surface area contributed by atoms with Gasteiger partial charge in [0.05, 0.1) is 11.6 Å². The number of amides is 1. The largest absolute Gasteiger partial charge is 0.326 e. The van der Waals surface area contributed by atoms with E-state index < -0.39 is 0 Å². The van der Waals surface area contributed by atoms with E-state index in [1.54, 1.807) is 10.6 Å². The van der Waals surface area contributed by atoms with Crippen LogP contribution in [0.2, 0.25) is 0 Å². The standard InChI is InChI=1S/C20H25N3O2S/c1-12-6-7-15(13(2)8-12)21-18(25)14-10-23-17(24)9-16(20(3,4)5)22-19(23)26-11-14/h6-9,14H,10-11H2,1-5H3,(H,21,25). The third-order valence-electron chi connectivity index (χ3n) is 4.57. The van der Waals surface area contributed by atoms with Gasteiger partial charge in [0, 0.05) is 29.5 Å². The molecule has 6 heteroatoms. The minimum absolute atomic E-state index is 0.0538. The van der Waals surface area contributed by atoms with Gasteiger partial charge in [0.15, 0.2) is 5.16 Å². The van der Waals surface area contributed by atoms with E-state index in [0.717, 1.165) is 22.5 Å². The summed E-state index contributed by atoms with van der Waals surface area (Å²) in [6.07, 6.45) is 0. The third kappa shape index (κ3) is 3.85. The number of hydrogen-bond donors (Lipinski definition) is 1. The van der Waals surface area contributed by atoms with Crippen LogP contribution in [0.25, 0.3) is 0 Å². The first-order chi connectivity index (χ1) is 12.1. The van der Waals surface area contributed by atoms with Gasteiger partial charge in [-0.05, 0) is 25.5 Å². The van der Waals surface area contributed by atoms with Gasteiger partial charge in [-0.15, -0.1) is 0 Å². The van der Waals surface area contributed by atoms with Crippen molar-refractivity contribution in [2.75, 3.05) is 11.1 Å². The fourth-order valence-electron chi connectivity index (χ4n) is 2.94. The predicted molar refractivity (Wildman–Crippen MR) is 106 cm³/mol. The quantitative estimate of drug-likeness (QED) is 0.821. The van der Waals surface area contributed by atoms with Crippen LogP contribution in [-0.4, -0.2) is 21.2 Å². The first-order valence-corrected chi connectivity index (χ1v) is 9.77. The molecule has 0 spiro atoms. The van der Waals surface area contributed by atoms with E-state index in [-0.39, 0.29) is 22.8 Å². The molecule has 1 aromatic heterocycles. The van der Waals surface area contributed by atoms with Crippen LogP contribution < -0.4 is 10.9 Å². The molecule has 0 radical (unpaired) electrons. The number of anilines is 1. The van der Waals surface area contributed by atoms with Gasteiger partial charge in [-0.1, -0.05) is 50.2 Å². The van der Waals surface area contributed by atoms with Crippen LogP contribution in [-0.2, 0) is 16.8 Å². The van der Waals surface area contributed by atoms with Gasteiger partial charge in [0.2, 0.25) is 5.91 Å². The van der Waals surface area contributed by atoms with Gasteiger partial charge < -0.3 is 5.32 Å². The molecule has 0 saturated carbocycles. The number of thioether (sulfide) groups is 1. The van der Waals surface area contributed by atoms with Crippen molar-refractivity contribution in [2.45, 2.75) is 51.7 Å². The highest BCUT2D eigenvalue weighted by molar-refractivity contribution is 7.99. The van der Waals surface area contributed by atoms with Crippen molar-refractivity contribution in [3.63, 3.8) is 0 Å². The van der Waals surface area contributed by atoms with E-state index in [4.69, 9.17) is 0 Å². The molecule has 3 rings (SSSR count). The number of aromatic nitrogens is 2. The normalized spacial score (nSPS) is 16.9. The smallest absolute Gasteiger partial charge is 0.254 e. The first-order valence-electron chi connectivity index (χ1n) is 8.78. The fourth-order valence-corrected chi connectivity index (χ4v) is 4.03. The summed E-state index contributed by atoms with van der Waals surface area (Å²) in [6, 6.07) is 7.54. The lowest BCUT2D eigenvalue weighted by molar-refractivity contribution is -0.119. The predicted octanol–water partition coefficient (Wildman–Crippen LogP) is 3.52. The zero-order valence-corrected chi connectivity index (χ0v) is 16.7. The Morgan fingerprint density at radius 1 is 1.27 bits per heavy atom. The van der Waals surface area contributed by atoms with Gasteiger partial charge in [-0.25, -0.2) is 4.98 Å². The maximum atomic E-state index is 12.7. The molecule has 2 heterocycles. The van der Waals surface area contributed by atoms with Crippen molar-refractivity contribution in [2.24, 2.45) is 5.92 Å². The Balaban J connectivity index is 1.80. The van der Waals surface area contributed by atoms with Gasteiger partial charge in [-0.2, -0.15) is 0 Å². The van der Waals surface area contributed by atoms with E-state index in [1.807, 2.05) is 52.8 Å². The Morgan fingerprint density at radius 3 is 2.65 bits per heavy atom. The van der Waals surface area contributed by atoms with Gasteiger partial charge in [0.1, 0.15) is 0 Å². The van der Waals surface area contributed by atoms with Crippen LogP contribution in [0.3, 0.4) is 0 Å². The number of carbonyl (C=O) groups is 1. The van der Waals surface area contributed by atoms with Crippen molar-refractivity contribution in [1.29, 1.82) is 0 Å². The Labute approximate surface area is 158 Å². The SMILES string of the molecule is Cc1ccc(NC(=O)C2CSc3nc(C(C)(C)C)cc(=O)n3C2)c(C)c1. The molecule has 1 aliphatic heterocycles. The van der Waals surface area contributed by atoms with Gasteiger partial charge >= 0.3 is 0 Å². The number of nitrogens with zero attached hydrogens (tertiary/aromatic N) is 2. The minimum Gasteiger partial charge on any atom is -0.326 e. The zero-order chi connectivity index (χ0) is 19.1. The molecule has 1 amide bonds. The fraction of sp³-hybridized carbons (Fsp3) is 0.450. The molecular weight excluding hydrogens is 346 g/mol. The van der Waals surface area contributed by atoms with Crippen molar-refractivity contribution in [3.8, 4) is 0 Å². The lowest BCUT2D eigenvalue weighted by atomic mass is 9.92. The van der Waals surface area contributed by atoms with E-state index in [0.29, 0.717) is 17.5 Å². The highest BCUT2D eigenvalue weighted by Crippen LogP contribution is 2.29. The monoisotopic (exact) mass is 371 g/mol. The third-order valence-corrected chi connectivity index (χ3v) is 5.71. The summed E-state index contributed by atoms with van der Waals surface area (Å²) >= 11 is 1.48. The van der Waals surface area contributed by atoms with Crippen LogP contribution in [0.5, 0.6) is 0 Å². The molecule has 26 heavy (non-hydrogen) atoms. The summed E-state index contributed by atoms with van der Waals surface area (Å²) in [7, 11) is 0.